The standard InChI is InChI=1S/C12H7Br3N2O2/c13-6-4-7(12(18)19)11(16-5-6)17-10-8(14)2-1-3-9(10)15/h1-5H,(H,16,17)(H,18,19). The van der Waals surface area contributed by atoms with Gasteiger partial charge in [-0.15, -0.1) is 0 Å². The Bertz CT molecular complexity index is 627. The highest BCUT2D eigenvalue weighted by Crippen LogP contribution is 2.33. The van der Waals surface area contributed by atoms with Crippen molar-refractivity contribution in [2.24, 2.45) is 0 Å². The summed E-state index contributed by atoms with van der Waals surface area (Å²) in [5.74, 6) is -0.761. The van der Waals surface area contributed by atoms with Crippen LogP contribution < -0.4 is 5.32 Å². The monoisotopic (exact) mass is 448 g/mol. The number of carboxylic acid groups (broad SMARTS) is 1. The molecule has 2 rings (SSSR count). The molecule has 19 heavy (non-hydrogen) atoms. The van der Waals surface area contributed by atoms with Crippen molar-refractivity contribution in [3.8, 4) is 0 Å². The van der Waals surface area contributed by atoms with Crippen molar-refractivity contribution in [1.29, 1.82) is 0 Å². The second-order valence-corrected chi connectivity index (χ2v) is 6.20. The molecule has 0 aliphatic rings. The number of carboxylic acids is 1. The van der Waals surface area contributed by atoms with Crippen LogP contribution in [0.2, 0.25) is 0 Å². The molecule has 1 aromatic carbocycles. The summed E-state index contributed by atoms with van der Waals surface area (Å²) < 4.78 is 2.23. The zero-order valence-corrected chi connectivity index (χ0v) is 14.1. The average Bonchev–Trinajstić information content (AvgIpc) is 2.35. The van der Waals surface area contributed by atoms with E-state index in [0.29, 0.717) is 4.47 Å². The van der Waals surface area contributed by atoms with Crippen LogP contribution in [0.1, 0.15) is 10.4 Å². The van der Waals surface area contributed by atoms with Crippen LogP contribution in [-0.4, -0.2) is 16.1 Å². The Kier molecular flexibility index (Phi) is 4.59. The van der Waals surface area contributed by atoms with Crippen LogP contribution in [0.4, 0.5) is 11.5 Å². The average molecular weight is 451 g/mol. The highest BCUT2D eigenvalue weighted by molar-refractivity contribution is 9.11. The maximum atomic E-state index is 11.2. The van der Waals surface area contributed by atoms with E-state index in [0.717, 1.165) is 14.6 Å². The Morgan fingerprint density at radius 1 is 1.21 bits per heavy atom. The molecule has 0 spiro atoms. The molecule has 98 valence electrons. The molecule has 0 atom stereocenters. The molecule has 0 fully saturated rings. The quantitative estimate of drug-likeness (QED) is 0.704. The van der Waals surface area contributed by atoms with Gasteiger partial charge in [-0.25, -0.2) is 9.78 Å². The molecule has 0 saturated heterocycles. The number of aromatic carboxylic acids is 1. The smallest absolute Gasteiger partial charge is 0.339 e. The van der Waals surface area contributed by atoms with Gasteiger partial charge in [-0.2, -0.15) is 0 Å². The molecule has 1 heterocycles. The molecule has 2 N–H and O–H groups in total. The van der Waals surface area contributed by atoms with Gasteiger partial charge in [0.2, 0.25) is 0 Å². The fourth-order valence-corrected chi connectivity index (χ4v) is 2.97. The molecular formula is C12H7Br3N2O2. The minimum atomic E-state index is -1.04. The molecule has 0 aliphatic heterocycles. The van der Waals surface area contributed by atoms with E-state index in [1.165, 1.54) is 6.07 Å². The SMILES string of the molecule is O=C(O)c1cc(Br)cnc1Nc1c(Br)cccc1Br. The fourth-order valence-electron chi connectivity index (χ4n) is 1.44. The van der Waals surface area contributed by atoms with Gasteiger partial charge in [0, 0.05) is 19.6 Å². The predicted octanol–water partition coefficient (Wildman–Crippen LogP) is 4.81. The summed E-state index contributed by atoms with van der Waals surface area (Å²) in [6, 6.07) is 7.08. The molecule has 0 saturated carbocycles. The van der Waals surface area contributed by atoms with Crippen LogP contribution >= 0.6 is 47.8 Å². The summed E-state index contributed by atoms with van der Waals surface area (Å²) in [4.78, 5) is 15.3. The van der Waals surface area contributed by atoms with Crippen molar-refractivity contribution in [3.05, 3.63) is 49.4 Å². The topological polar surface area (TPSA) is 62.2 Å². The maximum absolute atomic E-state index is 11.2. The third-order valence-electron chi connectivity index (χ3n) is 2.29. The van der Waals surface area contributed by atoms with E-state index in [2.05, 4.69) is 58.1 Å². The molecular weight excluding hydrogens is 444 g/mol. The van der Waals surface area contributed by atoms with Gasteiger partial charge in [0.1, 0.15) is 11.4 Å². The van der Waals surface area contributed by atoms with Gasteiger partial charge in [-0.3, -0.25) is 0 Å². The summed E-state index contributed by atoms with van der Waals surface area (Å²) in [5, 5.41) is 12.2. The Morgan fingerprint density at radius 2 is 1.84 bits per heavy atom. The van der Waals surface area contributed by atoms with Gasteiger partial charge >= 0.3 is 5.97 Å². The molecule has 0 bridgehead atoms. The Balaban J connectivity index is 2.47. The Morgan fingerprint density at radius 3 is 2.42 bits per heavy atom. The lowest BCUT2D eigenvalue weighted by molar-refractivity contribution is 0.0697. The summed E-state index contributed by atoms with van der Waals surface area (Å²) in [6.45, 7) is 0. The van der Waals surface area contributed by atoms with Crippen molar-refractivity contribution in [2.75, 3.05) is 5.32 Å². The number of nitrogens with one attached hydrogen (secondary N) is 1. The van der Waals surface area contributed by atoms with Crippen molar-refractivity contribution in [1.82, 2.24) is 4.98 Å². The summed E-state index contributed by atoms with van der Waals surface area (Å²) in [7, 11) is 0. The summed E-state index contributed by atoms with van der Waals surface area (Å²) in [6.07, 6.45) is 1.54. The zero-order valence-electron chi connectivity index (χ0n) is 9.32. The lowest BCUT2D eigenvalue weighted by atomic mass is 10.2. The Hall–Kier alpha value is -0.920. The molecule has 0 aliphatic carbocycles. The fraction of sp³-hybridized carbons (Fsp3) is 0. The molecule has 7 heteroatoms. The van der Waals surface area contributed by atoms with Crippen LogP contribution in [0.5, 0.6) is 0 Å². The number of anilines is 2. The van der Waals surface area contributed by atoms with Crippen LogP contribution in [0.25, 0.3) is 0 Å². The number of pyridine rings is 1. The second-order valence-electron chi connectivity index (χ2n) is 3.58. The predicted molar refractivity (Wildman–Crippen MR) is 84.0 cm³/mol. The third kappa shape index (κ3) is 3.34. The lowest BCUT2D eigenvalue weighted by Crippen LogP contribution is -2.05. The normalized spacial score (nSPS) is 10.3. The largest absolute Gasteiger partial charge is 0.478 e. The van der Waals surface area contributed by atoms with Gasteiger partial charge in [0.05, 0.1) is 5.69 Å². The van der Waals surface area contributed by atoms with Crippen LogP contribution in [0.15, 0.2) is 43.9 Å². The first-order valence-corrected chi connectivity index (χ1v) is 7.47. The van der Waals surface area contributed by atoms with E-state index in [4.69, 9.17) is 0 Å². The number of hydrogen-bond acceptors (Lipinski definition) is 3. The van der Waals surface area contributed by atoms with Gasteiger partial charge in [-0.1, -0.05) is 6.07 Å². The van der Waals surface area contributed by atoms with E-state index >= 15 is 0 Å². The first-order valence-electron chi connectivity index (χ1n) is 5.09. The van der Waals surface area contributed by atoms with E-state index in [-0.39, 0.29) is 11.4 Å². The van der Waals surface area contributed by atoms with Crippen molar-refractivity contribution in [2.45, 2.75) is 0 Å². The minimum absolute atomic E-state index is 0.0945. The van der Waals surface area contributed by atoms with E-state index in [1.807, 2.05) is 18.2 Å². The summed E-state index contributed by atoms with van der Waals surface area (Å²) in [5.41, 5.74) is 0.817. The number of hydrogen-bond donors (Lipinski definition) is 2. The molecule has 0 radical (unpaired) electrons. The highest BCUT2D eigenvalue weighted by Gasteiger charge is 2.14. The van der Waals surface area contributed by atoms with Crippen LogP contribution in [0.3, 0.4) is 0 Å². The molecule has 1 aromatic heterocycles. The molecule has 2 aromatic rings. The Labute approximate surface area is 134 Å². The molecule has 0 unspecified atom stereocenters. The number of para-hydroxylation sites is 1. The number of aromatic nitrogens is 1. The molecule has 4 nitrogen and oxygen atoms in total. The van der Waals surface area contributed by atoms with Crippen LogP contribution in [0, 0.1) is 0 Å². The van der Waals surface area contributed by atoms with Crippen molar-refractivity contribution in [3.63, 3.8) is 0 Å². The number of carbonyl (C=O) groups is 1. The minimum Gasteiger partial charge on any atom is -0.478 e. The molecule has 0 amide bonds. The highest BCUT2D eigenvalue weighted by atomic mass is 79.9. The van der Waals surface area contributed by atoms with Crippen LogP contribution in [-0.2, 0) is 0 Å². The second kappa shape index (κ2) is 6.02. The van der Waals surface area contributed by atoms with E-state index < -0.39 is 5.97 Å². The van der Waals surface area contributed by atoms with E-state index in [1.54, 1.807) is 6.20 Å². The first kappa shape index (κ1) is 14.5. The number of nitrogens with zero attached hydrogens (tertiary/aromatic N) is 1. The summed E-state index contributed by atoms with van der Waals surface area (Å²) >= 11 is 10.0. The number of benzene rings is 1. The lowest BCUT2D eigenvalue weighted by Gasteiger charge is -2.12. The van der Waals surface area contributed by atoms with Gasteiger partial charge < -0.3 is 10.4 Å². The van der Waals surface area contributed by atoms with Gasteiger partial charge in [-0.05, 0) is 66.0 Å². The van der Waals surface area contributed by atoms with Crippen molar-refractivity contribution < 1.29 is 9.90 Å². The van der Waals surface area contributed by atoms with Gasteiger partial charge in [0.15, 0.2) is 0 Å². The first-order chi connectivity index (χ1) is 8.99. The third-order valence-corrected chi connectivity index (χ3v) is 4.05. The zero-order chi connectivity index (χ0) is 14.0. The van der Waals surface area contributed by atoms with Gasteiger partial charge in [0.25, 0.3) is 0 Å². The van der Waals surface area contributed by atoms with Crippen molar-refractivity contribution >= 4 is 65.3 Å². The number of halogens is 3. The maximum Gasteiger partial charge on any atom is 0.339 e. The van der Waals surface area contributed by atoms with E-state index in [9.17, 15) is 9.90 Å². The number of rotatable bonds is 3.